The quantitative estimate of drug-likeness (QED) is 0.811. The fourth-order valence-electron chi connectivity index (χ4n) is 2.39. The molecule has 0 aliphatic heterocycles. The average molecular weight is 317 g/mol. The molecular formula is C18H23NO4. The highest BCUT2D eigenvalue weighted by Gasteiger charge is 2.15. The summed E-state index contributed by atoms with van der Waals surface area (Å²) in [5.41, 5.74) is 2.20. The second-order valence-corrected chi connectivity index (χ2v) is 4.95. The molecule has 0 aliphatic carbocycles. The maximum absolute atomic E-state index is 5.48. The second kappa shape index (κ2) is 8.29. The summed E-state index contributed by atoms with van der Waals surface area (Å²) in [6.07, 6.45) is 0. The van der Waals surface area contributed by atoms with Crippen LogP contribution in [0.3, 0.4) is 0 Å². The SMILES string of the molecule is COc1ccc(CNCc2ccc(OC)c(OC)c2OC)cc1. The molecule has 0 spiro atoms. The van der Waals surface area contributed by atoms with Crippen LogP contribution in [0.5, 0.6) is 23.0 Å². The first-order valence-electron chi connectivity index (χ1n) is 7.35. The monoisotopic (exact) mass is 317 g/mol. The molecule has 2 rings (SSSR count). The lowest BCUT2D eigenvalue weighted by Gasteiger charge is -2.16. The van der Waals surface area contributed by atoms with Crippen molar-refractivity contribution in [1.82, 2.24) is 5.32 Å². The summed E-state index contributed by atoms with van der Waals surface area (Å²) in [4.78, 5) is 0. The van der Waals surface area contributed by atoms with Crippen LogP contribution in [0, 0.1) is 0 Å². The lowest BCUT2D eigenvalue weighted by molar-refractivity contribution is 0.321. The van der Waals surface area contributed by atoms with Crippen molar-refractivity contribution in [3.8, 4) is 23.0 Å². The third-order valence-corrected chi connectivity index (χ3v) is 3.59. The number of nitrogens with one attached hydrogen (secondary N) is 1. The van der Waals surface area contributed by atoms with E-state index < -0.39 is 0 Å². The van der Waals surface area contributed by atoms with Crippen LogP contribution in [0.4, 0.5) is 0 Å². The van der Waals surface area contributed by atoms with Gasteiger partial charge in [0, 0.05) is 18.7 Å². The summed E-state index contributed by atoms with van der Waals surface area (Å²) in [6.45, 7) is 1.41. The van der Waals surface area contributed by atoms with Gasteiger partial charge in [0.15, 0.2) is 11.5 Å². The Bertz CT molecular complexity index is 626. The van der Waals surface area contributed by atoms with Gasteiger partial charge in [-0.15, -0.1) is 0 Å². The standard InChI is InChI=1S/C18H23NO4/c1-20-15-8-5-13(6-9-15)11-19-12-14-7-10-16(21-2)18(23-4)17(14)22-3/h5-10,19H,11-12H2,1-4H3. The largest absolute Gasteiger partial charge is 0.497 e. The average Bonchev–Trinajstić information content (AvgIpc) is 2.61. The van der Waals surface area contributed by atoms with Crippen LogP contribution in [0.25, 0.3) is 0 Å². The Kier molecular flexibility index (Phi) is 6.11. The summed E-state index contributed by atoms with van der Waals surface area (Å²) in [5.74, 6) is 2.81. The van der Waals surface area contributed by atoms with Crippen LogP contribution in [0.15, 0.2) is 36.4 Å². The van der Waals surface area contributed by atoms with Gasteiger partial charge >= 0.3 is 0 Å². The van der Waals surface area contributed by atoms with Gasteiger partial charge in [-0.3, -0.25) is 0 Å². The van der Waals surface area contributed by atoms with Crippen LogP contribution in [0.2, 0.25) is 0 Å². The Morgan fingerprint density at radius 2 is 1.39 bits per heavy atom. The molecule has 5 nitrogen and oxygen atoms in total. The van der Waals surface area contributed by atoms with Crippen LogP contribution < -0.4 is 24.3 Å². The fraction of sp³-hybridized carbons (Fsp3) is 0.333. The zero-order chi connectivity index (χ0) is 16.7. The van der Waals surface area contributed by atoms with E-state index in [-0.39, 0.29) is 0 Å². The van der Waals surface area contributed by atoms with E-state index >= 15 is 0 Å². The van der Waals surface area contributed by atoms with E-state index in [1.54, 1.807) is 28.4 Å². The number of hydrogen-bond acceptors (Lipinski definition) is 5. The van der Waals surface area contributed by atoms with Crippen LogP contribution in [-0.4, -0.2) is 28.4 Å². The molecule has 0 heterocycles. The third-order valence-electron chi connectivity index (χ3n) is 3.59. The molecule has 124 valence electrons. The molecule has 1 N–H and O–H groups in total. The molecule has 2 aromatic rings. The Morgan fingerprint density at radius 1 is 0.696 bits per heavy atom. The van der Waals surface area contributed by atoms with Crippen molar-refractivity contribution in [2.24, 2.45) is 0 Å². The van der Waals surface area contributed by atoms with E-state index in [0.29, 0.717) is 23.8 Å². The maximum atomic E-state index is 5.48. The van der Waals surface area contributed by atoms with E-state index in [2.05, 4.69) is 5.32 Å². The number of ether oxygens (including phenoxy) is 4. The Morgan fingerprint density at radius 3 is 1.96 bits per heavy atom. The third kappa shape index (κ3) is 4.07. The Hall–Kier alpha value is -2.40. The van der Waals surface area contributed by atoms with Gasteiger partial charge in [-0.05, 0) is 23.8 Å². The van der Waals surface area contributed by atoms with Crippen LogP contribution in [-0.2, 0) is 13.1 Å². The first-order valence-corrected chi connectivity index (χ1v) is 7.35. The van der Waals surface area contributed by atoms with Crippen molar-refractivity contribution in [3.05, 3.63) is 47.5 Å². The number of hydrogen-bond donors (Lipinski definition) is 1. The highest BCUT2D eigenvalue weighted by Crippen LogP contribution is 2.39. The van der Waals surface area contributed by atoms with E-state index in [9.17, 15) is 0 Å². The van der Waals surface area contributed by atoms with E-state index in [0.717, 1.165) is 17.9 Å². The number of methoxy groups -OCH3 is 4. The predicted molar refractivity (Wildman–Crippen MR) is 89.6 cm³/mol. The van der Waals surface area contributed by atoms with Crippen LogP contribution in [0.1, 0.15) is 11.1 Å². The predicted octanol–water partition coefficient (Wildman–Crippen LogP) is 3.01. The van der Waals surface area contributed by atoms with Gasteiger partial charge in [-0.1, -0.05) is 18.2 Å². The molecule has 5 heteroatoms. The minimum Gasteiger partial charge on any atom is -0.497 e. The topological polar surface area (TPSA) is 49.0 Å². The maximum Gasteiger partial charge on any atom is 0.203 e. The second-order valence-electron chi connectivity index (χ2n) is 4.95. The summed E-state index contributed by atoms with van der Waals surface area (Å²) in [6, 6.07) is 11.8. The van der Waals surface area contributed by atoms with Crippen molar-refractivity contribution in [2.45, 2.75) is 13.1 Å². The first kappa shape index (κ1) is 17.0. The van der Waals surface area contributed by atoms with Gasteiger partial charge < -0.3 is 24.3 Å². The summed E-state index contributed by atoms with van der Waals surface area (Å²) in [7, 11) is 6.51. The lowest BCUT2D eigenvalue weighted by Crippen LogP contribution is -2.13. The van der Waals surface area contributed by atoms with Gasteiger partial charge in [0.2, 0.25) is 5.75 Å². The molecule has 0 bridgehead atoms. The molecule has 2 aromatic carbocycles. The highest BCUT2D eigenvalue weighted by atomic mass is 16.5. The molecule has 0 radical (unpaired) electrons. The number of benzene rings is 2. The van der Waals surface area contributed by atoms with E-state index in [1.807, 2.05) is 36.4 Å². The molecule has 0 unspecified atom stereocenters. The van der Waals surface area contributed by atoms with Crippen molar-refractivity contribution in [1.29, 1.82) is 0 Å². The van der Waals surface area contributed by atoms with Gasteiger partial charge in [-0.2, -0.15) is 0 Å². The van der Waals surface area contributed by atoms with Crippen LogP contribution >= 0.6 is 0 Å². The van der Waals surface area contributed by atoms with Crippen molar-refractivity contribution in [3.63, 3.8) is 0 Å². The van der Waals surface area contributed by atoms with Crippen molar-refractivity contribution >= 4 is 0 Å². The molecule has 0 amide bonds. The normalized spacial score (nSPS) is 10.3. The molecule has 0 fully saturated rings. The van der Waals surface area contributed by atoms with Gasteiger partial charge in [0.25, 0.3) is 0 Å². The zero-order valence-corrected chi connectivity index (χ0v) is 14.0. The summed E-state index contributed by atoms with van der Waals surface area (Å²) in [5, 5.41) is 3.40. The van der Waals surface area contributed by atoms with Crippen molar-refractivity contribution in [2.75, 3.05) is 28.4 Å². The lowest BCUT2D eigenvalue weighted by atomic mass is 10.1. The Balaban J connectivity index is 2.04. The zero-order valence-electron chi connectivity index (χ0n) is 14.0. The Labute approximate surface area is 137 Å². The van der Waals surface area contributed by atoms with Gasteiger partial charge in [0.05, 0.1) is 28.4 Å². The molecule has 0 saturated heterocycles. The van der Waals surface area contributed by atoms with Gasteiger partial charge in [-0.25, -0.2) is 0 Å². The molecule has 0 saturated carbocycles. The van der Waals surface area contributed by atoms with Crippen molar-refractivity contribution < 1.29 is 18.9 Å². The van der Waals surface area contributed by atoms with Gasteiger partial charge in [0.1, 0.15) is 5.75 Å². The molecule has 0 aromatic heterocycles. The summed E-state index contributed by atoms with van der Waals surface area (Å²) < 4.78 is 21.3. The first-order chi connectivity index (χ1) is 11.2. The minimum atomic E-state index is 0.610. The van der Waals surface area contributed by atoms with E-state index in [4.69, 9.17) is 18.9 Å². The molecular weight excluding hydrogens is 294 g/mol. The smallest absolute Gasteiger partial charge is 0.203 e. The molecule has 0 atom stereocenters. The van der Waals surface area contributed by atoms with E-state index in [1.165, 1.54) is 5.56 Å². The number of rotatable bonds is 8. The summed E-state index contributed by atoms with van der Waals surface area (Å²) >= 11 is 0. The molecule has 23 heavy (non-hydrogen) atoms. The highest BCUT2D eigenvalue weighted by molar-refractivity contribution is 5.55. The molecule has 0 aliphatic rings. The fourth-order valence-corrected chi connectivity index (χ4v) is 2.39. The minimum absolute atomic E-state index is 0.610.